The second-order valence-electron chi connectivity index (χ2n) is 4.35. The number of anilines is 1. The molecule has 2 heterocycles. The molecule has 2 rings (SSSR count). The van der Waals surface area contributed by atoms with Gasteiger partial charge in [0, 0.05) is 11.3 Å². The summed E-state index contributed by atoms with van der Waals surface area (Å²) in [6.07, 6.45) is 5.22. The number of aromatic carboxylic acids is 1. The van der Waals surface area contributed by atoms with Gasteiger partial charge < -0.3 is 10.4 Å². The van der Waals surface area contributed by atoms with Crippen LogP contribution in [0, 0.1) is 0 Å². The van der Waals surface area contributed by atoms with Crippen LogP contribution in [-0.4, -0.2) is 38.1 Å². The Balaban J connectivity index is 1.99. The minimum Gasteiger partial charge on any atom is -0.476 e. The van der Waals surface area contributed by atoms with Gasteiger partial charge in [0.1, 0.15) is 5.82 Å². The minimum absolute atomic E-state index is 0.0285. The molecule has 1 aliphatic rings. The summed E-state index contributed by atoms with van der Waals surface area (Å²) in [6, 6.07) is 0. The Kier molecular flexibility index (Phi) is 3.51. The molecule has 1 aliphatic heterocycles. The first-order valence-corrected chi connectivity index (χ1v) is 6.51. The Morgan fingerprint density at radius 2 is 2.47 bits per heavy atom. The summed E-state index contributed by atoms with van der Waals surface area (Å²) in [6.45, 7) is 3.00. The van der Waals surface area contributed by atoms with E-state index in [1.54, 1.807) is 6.20 Å². The number of rotatable bonds is 4. The van der Waals surface area contributed by atoms with Gasteiger partial charge in [-0.15, -0.1) is 0 Å². The Bertz CT molecular complexity index is 419. The third-order valence-corrected chi connectivity index (χ3v) is 4.34. The van der Waals surface area contributed by atoms with E-state index in [-0.39, 0.29) is 10.4 Å². The molecule has 0 aromatic carbocycles. The van der Waals surface area contributed by atoms with Crippen LogP contribution in [0.25, 0.3) is 0 Å². The number of carboxylic acid groups (broad SMARTS) is 1. The van der Waals surface area contributed by atoms with E-state index in [2.05, 4.69) is 22.2 Å². The van der Waals surface area contributed by atoms with E-state index < -0.39 is 5.97 Å². The van der Waals surface area contributed by atoms with E-state index in [1.807, 2.05) is 11.8 Å². The maximum Gasteiger partial charge on any atom is 0.356 e. The largest absolute Gasteiger partial charge is 0.476 e. The zero-order valence-electron chi connectivity index (χ0n) is 9.64. The first-order valence-electron chi connectivity index (χ1n) is 5.52. The number of thioether (sulfide) groups is 1. The van der Waals surface area contributed by atoms with E-state index in [9.17, 15) is 4.79 Å². The molecule has 0 radical (unpaired) electrons. The van der Waals surface area contributed by atoms with E-state index >= 15 is 0 Å². The van der Waals surface area contributed by atoms with E-state index in [1.165, 1.54) is 24.8 Å². The van der Waals surface area contributed by atoms with Gasteiger partial charge in [-0.05, 0) is 25.5 Å². The van der Waals surface area contributed by atoms with Crippen LogP contribution in [0.1, 0.15) is 30.3 Å². The monoisotopic (exact) mass is 253 g/mol. The van der Waals surface area contributed by atoms with Crippen LogP contribution < -0.4 is 5.32 Å². The molecule has 1 saturated heterocycles. The Morgan fingerprint density at radius 1 is 1.65 bits per heavy atom. The van der Waals surface area contributed by atoms with Crippen molar-refractivity contribution in [3.63, 3.8) is 0 Å². The first-order chi connectivity index (χ1) is 8.09. The first kappa shape index (κ1) is 12.2. The molecule has 0 bridgehead atoms. The van der Waals surface area contributed by atoms with Gasteiger partial charge in [-0.25, -0.2) is 9.78 Å². The van der Waals surface area contributed by atoms with Crippen molar-refractivity contribution in [3.8, 4) is 0 Å². The van der Waals surface area contributed by atoms with Crippen molar-refractivity contribution < 1.29 is 9.90 Å². The van der Waals surface area contributed by atoms with Crippen LogP contribution in [-0.2, 0) is 0 Å². The number of nitrogens with zero attached hydrogens (tertiary/aromatic N) is 2. The number of carbonyl (C=O) groups is 1. The van der Waals surface area contributed by atoms with E-state index in [0.717, 1.165) is 6.54 Å². The highest BCUT2D eigenvalue weighted by molar-refractivity contribution is 8.00. The van der Waals surface area contributed by atoms with Crippen LogP contribution in [0.3, 0.4) is 0 Å². The van der Waals surface area contributed by atoms with Gasteiger partial charge >= 0.3 is 5.97 Å². The number of hydrogen-bond donors (Lipinski definition) is 2. The lowest BCUT2D eigenvalue weighted by molar-refractivity contribution is 0.0690. The van der Waals surface area contributed by atoms with Gasteiger partial charge in [0.25, 0.3) is 0 Å². The molecule has 2 N–H and O–H groups in total. The molecule has 0 spiro atoms. The Morgan fingerprint density at radius 3 is 3.12 bits per heavy atom. The van der Waals surface area contributed by atoms with Crippen LogP contribution in [0.15, 0.2) is 12.4 Å². The Hall–Kier alpha value is -1.30. The van der Waals surface area contributed by atoms with E-state index in [4.69, 9.17) is 5.11 Å². The normalized spacial score (nSPS) is 23.6. The SMILES string of the molecule is CC1(CNc2cncc(C(=O)O)n2)CCCS1. The van der Waals surface area contributed by atoms with Gasteiger partial charge in [-0.3, -0.25) is 4.98 Å². The molecule has 5 nitrogen and oxygen atoms in total. The van der Waals surface area contributed by atoms with Gasteiger partial charge in [0.15, 0.2) is 5.69 Å². The number of hydrogen-bond acceptors (Lipinski definition) is 5. The number of aromatic nitrogens is 2. The fraction of sp³-hybridized carbons (Fsp3) is 0.545. The van der Waals surface area contributed by atoms with Gasteiger partial charge in [0.2, 0.25) is 0 Å². The van der Waals surface area contributed by atoms with Crippen molar-refractivity contribution in [2.24, 2.45) is 0 Å². The third-order valence-electron chi connectivity index (χ3n) is 2.80. The highest BCUT2D eigenvalue weighted by Gasteiger charge is 2.29. The van der Waals surface area contributed by atoms with E-state index in [0.29, 0.717) is 5.82 Å². The topological polar surface area (TPSA) is 75.1 Å². The van der Waals surface area contributed by atoms with Crippen molar-refractivity contribution >= 4 is 23.5 Å². The van der Waals surface area contributed by atoms with Crippen molar-refractivity contribution in [1.29, 1.82) is 0 Å². The summed E-state index contributed by atoms with van der Waals surface area (Å²) in [5.74, 6) is 0.667. The molecule has 6 heteroatoms. The standard InChI is InChI=1S/C11H15N3O2S/c1-11(3-2-4-17-11)7-13-9-6-12-5-8(14-9)10(15)16/h5-6H,2-4,7H2,1H3,(H,13,14)(H,15,16). The second kappa shape index (κ2) is 4.91. The summed E-state index contributed by atoms with van der Waals surface area (Å²) in [5.41, 5.74) is -0.0285. The molecule has 17 heavy (non-hydrogen) atoms. The molecule has 0 aliphatic carbocycles. The molecule has 1 aromatic rings. The maximum absolute atomic E-state index is 10.7. The minimum atomic E-state index is -1.05. The quantitative estimate of drug-likeness (QED) is 0.853. The number of nitrogens with one attached hydrogen (secondary N) is 1. The summed E-state index contributed by atoms with van der Waals surface area (Å²) in [4.78, 5) is 18.6. The van der Waals surface area contributed by atoms with Gasteiger partial charge in [-0.1, -0.05) is 0 Å². The summed E-state index contributed by atoms with van der Waals surface area (Å²) in [7, 11) is 0. The summed E-state index contributed by atoms with van der Waals surface area (Å²) >= 11 is 1.95. The zero-order chi connectivity index (χ0) is 12.3. The molecule has 92 valence electrons. The summed E-state index contributed by atoms with van der Waals surface area (Å²) in [5, 5.41) is 12.0. The lowest BCUT2D eigenvalue weighted by Gasteiger charge is -2.23. The predicted octanol–water partition coefficient (Wildman–Crippen LogP) is 1.87. The van der Waals surface area contributed by atoms with Crippen molar-refractivity contribution in [3.05, 3.63) is 18.1 Å². The second-order valence-corrected chi connectivity index (χ2v) is 6.03. The lowest BCUT2D eigenvalue weighted by atomic mass is 10.1. The van der Waals surface area contributed by atoms with Gasteiger partial charge in [0.05, 0.1) is 12.4 Å². The third kappa shape index (κ3) is 3.09. The van der Waals surface area contributed by atoms with Crippen LogP contribution in [0.5, 0.6) is 0 Å². The molecular weight excluding hydrogens is 238 g/mol. The lowest BCUT2D eigenvalue weighted by Crippen LogP contribution is -2.27. The molecule has 0 amide bonds. The average molecular weight is 253 g/mol. The maximum atomic E-state index is 10.7. The number of carboxylic acids is 1. The van der Waals surface area contributed by atoms with Crippen molar-refractivity contribution in [2.45, 2.75) is 24.5 Å². The van der Waals surface area contributed by atoms with Gasteiger partial charge in [-0.2, -0.15) is 11.8 Å². The van der Waals surface area contributed by atoms with Crippen molar-refractivity contribution in [1.82, 2.24) is 9.97 Å². The molecule has 1 aromatic heterocycles. The van der Waals surface area contributed by atoms with Crippen LogP contribution in [0.4, 0.5) is 5.82 Å². The summed E-state index contributed by atoms with van der Waals surface area (Å²) < 4.78 is 0.223. The molecule has 0 saturated carbocycles. The zero-order valence-corrected chi connectivity index (χ0v) is 10.5. The molecular formula is C11H15N3O2S. The smallest absolute Gasteiger partial charge is 0.356 e. The Labute approximate surface area is 104 Å². The molecule has 1 unspecified atom stereocenters. The predicted molar refractivity (Wildman–Crippen MR) is 67.6 cm³/mol. The fourth-order valence-corrected chi connectivity index (χ4v) is 3.05. The molecule has 1 atom stereocenters. The fourth-order valence-electron chi connectivity index (χ4n) is 1.81. The highest BCUT2D eigenvalue weighted by atomic mass is 32.2. The van der Waals surface area contributed by atoms with Crippen molar-refractivity contribution in [2.75, 3.05) is 17.6 Å². The molecule has 1 fully saturated rings. The average Bonchev–Trinajstić information content (AvgIpc) is 2.75. The van der Waals surface area contributed by atoms with Crippen LogP contribution in [0.2, 0.25) is 0 Å². The highest BCUT2D eigenvalue weighted by Crippen LogP contribution is 2.37. The van der Waals surface area contributed by atoms with Crippen LogP contribution >= 0.6 is 11.8 Å².